The fraction of sp³-hybridized carbons (Fsp3) is 0.462. The van der Waals surface area contributed by atoms with Crippen molar-refractivity contribution in [2.45, 2.75) is 25.8 Å². The number of para-hydroxylation sites is 2. The minimum Gasteiger partial charge on any atom is -0.490 e. The highest BCUT2D eigenvalue weighted by atomic mass is 16.5. The van der Waals surface area contributed by atoms with E-state index in [9.17, 15) is 4.79 Å². The quantitative estimate of drug-likeness (QED) is 0.758. The molecule has 0 saturated heterocycles. The second-order valence-corrected chi connectivity index (χ2v) is 4.09. The van der Waals surface area contributed by atoms with Gasteiger partial charge in [-0.2, -0.15) is 0 Å². The van der Waals surface area contributed by atoms with Gasteiger partial charge in [-0.15, -0.1) is 0 Å². The van der Waals surface area contributed by atoms with E-state index >= 15 is 0 Å². The molecule has 1 aliphatic rings. The smallest absolute Gasteiger partial charge is 0.317 e. The lowest BCUT2D eigenvalue weighted by Crippen LogP contribution is -2.38. The van der Waals surface area contributed by atoms with Crippen molar-refractivity contribution in [3.63, 3.8) is 0 Å². The summed E-state index contributed by atoms with van der Waals surface area (Å²) >= 11 is 0. The summed E-state index contributed by atoms with van der Waals surface area (Å²) in [6, 6.07) is 7.55. The summed E-state index contributed by atoms with van der Waals surface area (Å²) in [5.74, 6) is 1.32. The maximum atomic E-state index is 11.4. The van der Waals surface area contributed by atoms with Crippen molar-refractivity contribution in [1.29, 1.82) is 0 Å². The van der Waals surface area contributed by atoms with Crippen LogP contribution in [0.15, 0.2) is 24.3 Å². The normalized spacial score (nSPS) is 13.8. The first-order valence-corrected chi connectivity index (χ1v) is 6.18. The van der Waals surface area contributed by atoms with Crippen LogP contribution in [0.2, 0.25) is 0 Å². The van der Waals surface area contributed by atoms with Crippen LogP contribution in [0.25, 0.3) is 0 Å². The van der Waals surface area contributed by atoms with Gasteiger partial charge < -0.3 is 20.1 Å². The Morgan fingerprint density at radius 1 is 1.28 bits per heavy atom. The number of amides is 2. The molecule has 1 aliphatic carbocycles. The molecule has 0 atom stereocenters. The van der Waals surface area contributed by atoms with Crippen molar-refractivity contribution < 1.29 is 14.3 Å². The van der Waals surface area contributed by atoms with Crippen molar-refractivity contribution in [3.8, 4) is 11.5 Å². The van der Waals surface area contributed by atoms with Crippen molar-refractivity contribution >= 4 is 6.03 Å². The Balaban J connectivity index is 1.76. The number of carbonyl (C=O) groups is 1. The van der Waals surface area contributed by atoms with E-state index in [1.54, 1.807) is 0 Å². The molecule has 0 bridgehead atoms. The molecule has 2 amide bonds. The van der Waals surface area contributed by atoms with Gasteiger partial charge in [-0.1, -0.05) is 12.1 Å². The molecule has 18 heavy (non-hydrogen) atoms. The van der Waals surface area contributed by atoms with Gasteiger partial charge in [0.25, 0.3) is 0 Å². The Morgan fingerprint density at radius 2 is 1.94 bits per heavy atom. The first kappa shape index (κ1) is 12.5. The summed E-state index contributed by atoms with van der Waals surface area (Å²) in [6.45, 7) is 2.62. The molecule has 1 saturated carbocycles. The molecule has 5 nitrogen and oxygen atoms in total. The van der Waals surface area contributed by atoms with Crippen LogP contribution in [-0.2, 0) is 0 Å². The summed E-state index contributed by atoms with van der Waals surface area (Å²) in [7, 11) is 0. The second-order valence-electron chi connectivity index (χ2n) is 4.09. The lowest BCUT2D eigenvalue weighted by atomic mass is 10.3. The average molecular weight is 250 g/mol. The molecule has 0 aromatic heterocycles. The van der Waals surface area contributed by atoms with Crippen molar-refractivity contribution in [1.82, 2.24) is 10.6 Å². The van der Waals surface area contributed by atoms with Gasteiger partial charge in [-0.05, 0) is 31.9 Å². The van der Waals surface area contributed by atoms with Gasteiger partial charge in [0.2, 0.25) is 0 Å². The summed E-state index contributed by atoms with van der Waals surface area (Å²) in [6.07, 6.45) is 2.14. The van der Waals surface area contributed by atoms with Crippen LogP contribution in [0.1, 0.15) is 19.8 Å². The van der Waals surface area contributed by atoms with E-state index in [-0.39, 0.29) is 12.8 Å². The Labute approximate surface area is 106 Å². The van der Waals surface area contributed by atoms with Crippen LogP contribution in [0.5, 0.6) is 11.5 Å². The molecule has 2 rings (SSSR count). The SMILES string of the molecule is CCOc1ccccc1OCNC(=O)NC1CC1. The average Bonchev–Trinajstić information content (AvgIpc) is 3.15. The fourth-order valence-corrected chi connectivity index (χ4v) is 1.49. The van der Waals surface area contributed by atoms with Gasteiger partial charge in [-0.3, -0.25) is 0 Å². The first-order chi connectivity index (χ1) is 8.79. The van der Waals surface area contributed by atoms with E-state index < -0.39 is 0 Å². The summed E-state index contributed by atoms with van der Waals surface area (Å²) in [4.78, 5) is 11.4. The molecule has 0 spiro atoms. The van der Waals surface area contributed by atoms with Gasteiger partial charge in [0, 0.05) is 6.04 Å². The zero-order valence-electron chi connectivity index (χ0n) is 10.4. The standard InChI is InChI=1S/C13H18N2O3/c1-2-17-11-5-3-4-6-12(11)18-9-14-13(16)15-10-7-8-10/h3-6,10H,2,7-9H2,1H3,(H2,14,15,16). The zero-order valence-corrected chi connectivity index (χ0v) is 10.4. The highest BCUT2D eigenvalue weighted by Crippen LogP contribution is 2.25. The third-order valence-electron chi connectivity index (χ3n) is 2.52. The van der Waals surface area contributed by atoms with Crippen molar-refractivity contribution in [2.24, 2.45) is 0 Å². The maximum absolute atomic E-state index is 11.4. The number of urea groups is 1. The maximum Gasteiger partial charge on any atom is 0.317 e. The van der Waals surface area contributed by atoms with E-state index in [0.29, 0.717) is 24.1 Å². The highest BCUT2D eigenvalue weighted by molar-refractivity contribution is 5.74. The fourth-order valence-electron chi connectivity index (χ4n) is 1.49. The first-order valence-electron chi connectivity index (χ1n) is 6.18. The van der Waals surface area contributed by atoms with Gasteiger partial charge in [0.1, 0.15) is 0 Å². The van der Waals surface area contributed by atoms with E-state index in [1.165, 1.54) is 0 Å². The van der Waals surface area contributed by atoms with Crippen molar-refractivity contribution in [2.75, 3.05) is 13.3 Å². The monoisotopic (exact) mass is 250 g/mol. The number of carbonyl (C=O) groups excluding carboxylic acids is 1. The lowest BCUT2D eigenvalue weighted by Gasteiger charge is -2.12. The largest absolute Gasteiger partial charge is 0.490 e. The molecule has 0 unspecified atom stereocenters. The van der Waals surface area contributed by atoms with E-state index in [0.717, 1.165) is 12.8 Å². The predicted molar refractivity (Wildman–Crippen MR) is 67.8 cm³/mol. The van der Waals surface area contributed by atoms with E-state index in [1.807, 2.05) is 31.2 Å². The van der Waals surface area contributed by atoms with Gasteiger partial charge in [-0.25, -0.2) is 4.79 Å². The van der Waals surface area contributed by atoms with Gasteiger partial charge >= 0.3 is 6.03 Å². The van der Waals surface area contributed by atoms with E-state index in [2.05, 4.69) is 10.6 Å². The third kappa shape index (κ3) is 3.84. The van der Waals surface area contributed by atoms with Crippen LogP contribution >= 0.6 is 0 Å². The van der Waals surface area contributed by atoms with Crippen LogP contribution in [0.4, 0.5) is 4.79 Å². The minimum absolute atomic E-state index is 0.128. The van der Waals surface area contributed by atoms with E-state index in [4.69, 9.17) is 9.47 Å². The van der Waals surface area contributed by atoms with Crippen molar-refractivity contribution in [3.05, 3.63) is 24.3 Å². The summed E-state index contributed by atoms with van der Waals surface area (Å²) < 4.78 is 10.9. The van der Waals surface area contributed by atoms with Crippen LogP contribution in [-0.4, -0.2) is 25.4 Å². The molecular weight excluding hydrogens is 232 g/mol. The van der Waals surface area contributed by atoms with Gasteiger partial charge in [0.05, 0.1) is 6.61 Å². The Kier molecular flexibility index (Phi) is 4.28. The topological polar surface area (TPSA) is 59.6 Å². The molecule has 1 fully saturated rings. The van der Waals surface area contributed by atoms with Gasteiger partial charge in [0.15, 0.2) is 18.2 Å². The predicted octanol–water partition coefficient (Wildman–Crippen LogP) is 1.88. The summed E-state index contributed by atoms with van der Waals surface area (Å²) in [5.41, 5.74) is 0. The molecule has 0 radical (unpaired) electrons. The third-order valence-corrected chi connectivity index (χ3v) is 2.52. The molecule has 1 aromatic carbocycles. The zero-order chi connectivity index (χ0) is 12.8. The van der Waals surface area contributed by atoms with Crippen LogP contribution in [0, 0.1) is 0 Å². The molecule has 2 N–H and O–H groups in total. The van der Waals surface area contributed by atoms with Crippen LogP contribution < -0.4 is 20.1 Å². The molecule has 5 heteroatoms. The van der Waals surface area contributed by atoms with Crippen LogP contribution in [0.3, 0.4) is 0 Å². The molecule has 0 aliphatic heterocycles. The Morgan fingerprint density at radius 3 is 2.56 bits per heavy atom. The molecule has 0 heterocycles. The second kappa shape index (κ2) is 6.14. The Hall–Kier alpha value is -1.91. The number of benzene rings is 1. The molecular formula is C13H18N2O3. The highest BCUT2D eigenvalue weighted by Gasteiger charge is 2.22. The Bertz CT molecular complexity index is 405. The summed E-state index contributed by atoms with van der Waals surface area (Å²) in [5, 5.41) is 5.46. The number of ether oxygens (including phenoxy) is 2. The number of hydrogen-bond donors (Lipinski definition) is 2. The number of hydrogen-bond acceptors (Lipinski definition) is 3. The molecule has 1 aromatic rings. The molecule has 98 valence electrons. The number of rotatable bonds is 6. The number of nitrogens with one attached hydrogen (secondary N) is 2. The lowest BCUT2D eigenvalue weighted by molar-refractivity contribution is 0.219. The minimum atomic E-state index is -0.189.